The molecule has 0 saturated heterocycles. The molecule has 0 aliphatic rings. The van der Waals surface area contributed by atoms with Crippen LogP contribution in [0.3, 0.4) is 0 Å². The van der Waals surface area contributed by atoms with E-state index < -0.39 is 9.20 Å². The Labute approximate surface area is 101 Å². The van der Waals surface area contributed by atoms with E-state index in [1.807, 2.05) is 0 Å². The molecule has 0 bridgehead atoms. The third-order valence-corrected chi connectivity index (χ3v) is 5.16. The van der Waals surface area contributed by atoms with Gasteiger partial charge < -0.3 is 8.99 Å². The van der Waals surface area contributed by atoms with Crippen molar-refractivity contribution in [3.63, 3.8) is 0 Å². The van der Waals surface area contributed by atoms with E-state index in [9.17, 15) is 0 Å². The van der Waals surface area contributed by atoms with Gasteiger partial charge in [-0.15, -0.1) is 0 Å². The minimum absolute atomic E-state index is 0.637. The second-order valence-corrected chi connectivity index (χ2v) is 7.03. The maximum atomic E-state index is 5.91. The van der Waals surface area contributed by atoms with Crippen LogP contribution in [0.2, 0.25) is 6.55 Å². The van der Waals surface area contributed by atoms with E-state index in [1.54, 1.807) is 0 Å². The van der Waals surface area contributed by atoms with Crippen LogP contribution in [0.4, 0.5) is 0 Å². The fourth-order valence-corrected chi connectivity index (χ4v) is 2.17. The number of rotatable bonds is 5. The van der Waals surface area contributed by atoms with Crippen LogP contribution >= 0.6 is 0 Å². The average Bonchev–Trinajstić information content (AvgIpc) is 2.28. The van der Waals surface area contributed by atoms with Crippen LogP contribution in [0.5, 0.6) is 5.75 Å². The molecule has 0 radical (unpaired) electrons. The Morgan fingerprint density at radius 3 is 2.25 bits per heavy atom. The van der Waals surface area contributed by atoms with Gasteiger partial charge in [0, 0.05) is 0 Å². The lowest BCUT2D eigenvalue weighted by molar-refractivity contribution is 0.474. The first-order valence-electron chi connectivity index (χ1n) is 5.97. The standard InChI is InChI=1S/C13H23NOSi/c1-6-11(2)12-7-9-13(10-8-12)15-16(5)14(3)4/h7-11,16H,6H2,1-5H3. The number of hydrogen-bond donors (Lipinski definition) is 0. The van der Waals surface area contributed by atoms with Crippen molar-refractivity contribution in [3.8, 4) is 5.75 Å². The Morgan fingerprint density at radius 1 is 1.25 bits per heavy atom. The van der Waals surface area contributed by atoms with Gasteiger partial charge in [-0.25, -0.2) is 0 Å². The predicted octanol–water partition coefficient (Wildman–Crippen LogP) is 2.99. The van der Waals surface area contributed by atoms with Gasteiger partial charge >= 0.3 is 9.20 Å². The molecule has 1 aromatic carbocycles. The summed E-state index contributed by atoms with van der Waals surface area (Å²) in [5, 5.41) is 0. The molecule has 0 amide bonds. The van der Waals surface area contributed by atoms with E-state index in [1.165, 1.54) is 12.0 Å². The molecule has 0 aliphatic heterocycles. The maximum absolute atomic E-state index is 5.91. The Morgan fingerprint density at radius 2 is 1.81 bits per heavy atom. The summed E-state index contributed by atoms with van der Waals surface area (Å²) < 4.78 is 8.09. The highest BCUT2D eigenvalue weighted by atomic mass is 28.3. The highest BCUT2D eigenvalue weighted by Crippen LogP contribution is 2.21. The van der Waals surface area contributed by atoms with Gasteiger partial charge in [-0.2, -0.15) is 0 Å². The number of nitrogens with zero attached hydrogens (tertiary/aromatic N) is 1. The Hall–Kier alpha value is -0.803. The minimum Gasteiger partial charge on any atom is -0.532 e. The summed E-state index contributed by atoms with van der Waals surface area (Å²) in [5.74, 6) is 1.64. The lowest BCUT2D eigenvalue weighted by Crippen LogP contribution is -2.35. The highest BCUT2D eigenvalue weighted by Gasteiger charge is 2.09. The van der Waals surface area contributed by atoms with Crippen molar-refractivity contribution in [2.45, 2.75) is 32.7 Å². The van der Waals surface area contributed by atoms with Crippen LogP contribution in [-0.4, -0.2) is 27.9 Å². The molecule has 2 nitrogen and oxygen atoms in total. The second kappa shape index (κ2) is 6.06. The van der Waals surface area contributed by atoms with Gasteiger partial charge in [-0.05, 0) is 50.7 Å². The van der Waals surface area contributed by atoms with Crippen molar-refractivity contribution in [2.75, 3.05) is 14.1 Å². The molecule has 2 atom stereocenters. The van der Waals surface area contributed by atoms with Gasteiger partial charge in [0.05, 0.1) is 0 Å². The van der Waals surface area contributed by atoms with E-state index >= 15 is 0 Å². The molecule has 90 valence electrons. The zero-order chi connectivity index (χ0) is 12.1. The third kappa shape index (κ3) is 3.65. The highest BCUT2D eigenvalue weighted by molar-refractivity contribution is 6.47. The Kier molecular flexibility index (Phi) is 5.02. The molecule has 2 unspecified atom stereocenters. The lowest BCUT2D eigenvalue weighted by atomic mass is 9.99. The van der Waals surface area contributed by atoms with Gasteiger partial charge in [0.2, 0.25) is 0 Å². The average molecular weight is 237 g/mol. The van der Waals surface area contributed by atoms with Gasteiger partial charge in [0.25, 0.3) is 0 Å². The molecule has 0 aliphatic carbocycles. The topological polar surface area (TPSA) is 12.5 Å². The zero-order valence-corrected chi connectivity index (χ0v) is 12.2. The normalized spacial score (nSPS) is 14.9. The van der Waals surface area contributed by atoms with Crippen molar-refractivity contribution >= 4 is 9.20 Å². The zero-order valence-electron chi connectivity index (χ0n) is 11.0. The smallest absolute Gasteiger partial charge is 0.311 e. The summed E-state index contributed by atoms with van der Waals surface area (Å²) in [6.07, 6.45) is 1.18. The van der Waals surface area contributed by atoms with Crippen LogP contribution in [0, 0.1) is 0 Å². The molecule has 1 rings (SSSR count). The summed E-state index contributed by atoms with van der Waals surface area (Å²) in [4.78, 5) is 0. The van der Waals surface area contributed by atoms with E-state index in [4.69, 9.17) is 4.43 Å². The monoisotopic (exact) mass is 237 g/mol. The van der Waals surface area contributed by atoms with Crippen molar-refractivity contribution in [1.29, 1.82) is 0 Å². The second-order valence-electron chi connectivity index (χ2n) is 4.56. The van der Waals surface area contributed by atoms with Crippen LogP contribution in [0.15, 0.2) is 24.3 Å². The maximum Gasteiger partial charge on any atom is 0.311 e. The SMILES string of the molecule is CCC(C)c1ccc(O[SiH](C)N(C)C)cc1. The first-order chi connectivity index (χ1) is 7.54. The molecule has 16 heavy (non-hydrogen) atoms. The molecule has 0 aromatic heterocycles. The fourth-order valence-electron chi connectivity index (χ4n) is 1.41. The molecular weight excluding hydrogens is 214 g/mol. The molecule has 0 heterocycles. The first-order valence-corrected chi connectivity index (χ1v) is 8.12. The van der Waals surface area contributed by atoms with Gasteiger partial charge in [0.1, 0.15) is 5.75 Å². The molecule has 0 N–H and O–H groups in total. The van der Waals surface area contributed by atoms with E-state index in [-0.39, 0.29) is 0 Å². The van der Waals surface area contributed by atoms with Crippen LogP contribution in [0.1, 0.15) is 31.7 Å². The summed E-state index contributed by atoms with van der Waals surface area (Å²) >= 11 is 0. The largest absolute Gasteiger partial charge is 0.532 e. The molecular formula is C13H23NOSi. The van der Waals surface area contributed by atoms with Gasteiger partial charge in [0.15, 0.2) is 0 Å². The first kappa shape index (κ1) is 13.3. The van der Waals surface area contributed by atoms with Crippen molar-refractivity contribution in [1.82, 2.24) is 4.57 Å². The van der Waals surface area contributed by atoms with E-state index in [0.29, 0.717) is 5.92 Å². The summed E-state index contributed by atoms with van der Waals surface area (Å²) in [7, 11) is 2.93. The predicted molar refractivity (Wildman–Crippen MR) is 72.5 cm³/mol. The summed E-state index contributed by atoms with van der Waals surface area (Å²) in [6, 6.07) is 8.55. The molecule has 0 fully saturated rings. The van der Waals surface area contributed by atoms with Gasteiger partial charge in [-0.1, -0.05) is 26.0 Å². The van der Waals surface area contributed by atoms with Crippen molar-refractivity contribution in [3.05, 3.63) is 29.8 Å². The number of hydrogen-bond acceptors (Lipinski definition) is 2. The third-order valence-electron chi connectivity index (χ3n) is 3.10. The Bertz CT molecular complexity index is 310. The van der Waals surface area contributed by atoms with Crippen molar-refractivity contribution in [2.24, 2.45) is 0 Å². The van der Waals surface area contributed by atoms with Crippen LogP contribution in [0.25, 0.3) is 0 Å². The fraction of sp³-hybridized carbons (Fsp3) is 0.538. The van der Waals surface area contributed by atoms with Gasteiger partial charge in [-0.3, -0.25) is 0 Å². The molecule has 1 aromatic rings. The van der Waals surface area contributed by atoms with E-state index in [2.05, 4.69) is 63.3 Å². The summed E-state index contributed by atoms with van der Waals surface area (Å²) in [5.41, 5.74) is 1.40. The Balaban J connectivity index is 2.64. The van der Waals surface area contributed by atoms with Crippen LogP contribution in [-0.2, 0) is 0 Å². The van der Waals surface area contributed by atoms with Crippen LogP contribution < -0.4 is 4.43 Å². The number of benzene rings is 1. The molecule has 0 spiro atoms. The minimum atomic E-state index is -1.22. The van der Waals surface area contributed by atoms with E-state index in [0.717, 1.165) is 5.75 Å². The molecule has 3 heteroatoms. The summed E-state index contributed by atoms with van der Waals surface area (Å²) in [6.45, 7) is 6.66. The van der Waals surface area contributed by atoms with Crippen molar-refractivity contribution < 1.29 is 4.43 Å². The molecule has 0 saturated carbocycles. The lowest BCUT2D eigenvalue weighted by Gasteiger charge is -2.20. The quantitative estimate of drug-likeness (QED) is 0.730.